The number of hydrogen-bond donors (Lipinski definition) is 1. The number of methoxy groups -OCH3 is 2. The topological polar surface area (TPSA) is 164 Å². The monoisotopic (exact) mass is 571 g/mol. The van der Waals surface area contributed by atoms with E-state index in [2.05, 4.69) is 0 Å². The highest BCUT2D eigenvalue weighted by molar-refractivity contribution is 7.81. The van der Waals surface area contributed by atoms with Gasteiger partial charge in [0, 0.05) is 12.0 Å². The van der Waals surface area contributed by atoms with E-state index in [1.165, 1.54) is 31.3 Å². The van der Waals surface area contributed by atoms with E-state index in [0.717, 1.165) is 0 Å². The number of primary amides is 1. The Morgan fingerprint density at radius 1 is 1.08 bits per heavy atom. The predicted molar refractivity (Wildman–Crippen MR) is 138 cm³/mol. The van der Waals surface area contributed by atoms with E-state index in [4.69, 9.17) is 28.4 Å². The molecule has 0 radical (unpaired) electrons. The van der Waals surface area contributed by atoms with Crippen LogP contribution in [0, 0.1) is 10.8 Å². The number of nitrogens with zero attached hydrogens (tertiary/aromatic N) is 2. The normalized spacial score (nSPS) is 20.5. The summed E-state index contributed by atoms with van der Waals surface area (Å²) in [6.45, 7) is 9.26. The Morgan fingerprint density at radius 3 is 2.18 bits per heavy atom. The number of carbonyl (C=O) groups is 3. The summed E-state index contributed by atoms with van der Waals surface area (Å²) in [6.07, 6.45) is -0.728. The lowest BCUT2D eigenvalue weighted by molar-refractivity contribution is -0.136. The van der Waals surface area contributed by atoms with Gasteiger partial charge in [-0.1, -0.05) is 40.7 Å². The predicted octanol–water partition coefficient (Wildman–Crippen LogP) is 2.60. The molecule has 39 heavy (non-hydrogen) atoms. The second-order valence-corrected chi connectivity index (χ2v) is 12.6. The van der Waals surface area contributed by atoms with Crippen LogP contribution in [0.25, 0.3) is 0 Å². The van der Waals surface area contributed by atoms with E-state index in [0.29, 0.717) is 17.9 Å². The van der Waals surface area contributed by atoms with Crippen LogP contribution < -0.4 is 15.2 Å². The Kier molecular flexibility index (Phi) is 8.73. The van der Waals surface area contributed by atoms with E-state index in [1.54, 1.807) is 19.9 Å². The Morgan fingerprint density at radius 2 is 1.67 bits per heavy atom. The molecule has 2 aliphatic rings. The van der Waals surface area contributed by atoms with E-state index in [9.17, 15) is 22.8 Å². The Labute approximate surface area is 228 Å². The minimum Gasteiger partial charge on any atom is -0.496 e. The van der Waals surface area contributed by atoms with E-state index in [1.807, 2.05) is 20.8 Å². The van der Waals surface area contributed by atoms with Crippen LogP contribution in [-0.2, 0) is 28.4 Å². The first-order valence-corrected chi connectivity index (χ1v) is 13.8. The van der Waals surface area contributed by atoms with Gasteiger partial charge >= 0.3 is 22.4 Å². The summed E-state index contributed by atoms with van der Waals surface area (Å²) in [6, 6.07) is 2.36. The molecule has 2 bridgehead atoms. The molecule has 2 fully saturated rings. The zero-order valence-electron chi connectivity index (χ0n) is 23.3. The van der Waals surface area contributed by atoms with Crippen LogP contribution in [0.15, 0.2) is 18.2 Å². The quantitative estimate of drug-likeness (QED) is 0.308. The zero-order valence-corrected chi connectivity index (χ0v) is 24.1. The fourth-order valence-corrected chi connectivity index (χ4v) is 6.15. The first-order valence-electron chi connectivity index (χ1n) is 12.4. The molecule has 2 heterocycles. The van der Waals surface area contributed by atoms with Gasteiger partial charge in [0.15, 0.2) is 0 Å². The molecule has 218 valence electrons. The van der Waals surface area contributed by atoms with Crippen molar-refractivity contribution in [1.29, 1.82) is 0 Å². The molecule has 3 rings (SSSR count). The third-order valence-corrected chi connectivity index (χ3v) is 7.25. The van der Waals surface area contributed by atoms with Gasteiger partial charge in [0.25, 0.3) is 0 Å². The van der Waals surface area contributed by atoms with Crippen LogP contribution in [0.2, 0.25) is 0 Å². The molecule has 14 heteroatoms. The lowest BCUT2D eigenvalue weighted by Crippen LogP contribution is -2.47. The Hall–Kier alpha value is -3.10. The van der Waals surface area contributed by atoms with E-state index in [-0.39, 0.29) is 35.4 Å². The molecular formula is C25H37N3O10S. The molecule has 0 aliphatic carbocycles. The number of rotatable bonds is 11. The van der Waals surface area contributed by atoms with Crippen LogP contribution in [0.3, 0.4) is 0 Å². The zero-order chi connectivity index (χ0) is 29.3. The number of nitrogens with two attached hydrogens (primary N) is 1. The fraction of sp³-hybridized carbons (Fsp3) is 0.640. The molecule has 3 atom stereocenters. The van der Waals surface area contributed by atoms with Gasteiger partial charge in [-0.15, -0.1) is 4.28 Å². The second-order valence-electron chi connectivity index (χ2n) is 11.5. The summed E-state index contributed by atoms with van der Waals surface area (Å²) in [5, 5.41) is 0.664. The van der Waals surface area contributed by atoms with Crippen molar-refractivity contribution in [3.63, 3.8) is 0 Å². The van der Waals surface area contributed by atoms with Crippen molar-refractivity contribution >= 4 is 28.3 Å². The minimum atomic E-state index is -4.95. The molecule has 1 aromatic rings. The smallest absolute Gasteiger partial charge is 0.424 e. The Bertz CT molecular complexity index is 1190. The molecule has 0 saturated carbocycles. The highest BCUT2D eigenvalue weighted by atomic mass is 32.3. The van der Waals surface area contributed by atoms with Gasteiger partial charge in [0.1, 0.15) is 23.1 Å². The summed E-state index contributed by atoms with van der Waals surface area (Å²) in [5.74, 6) is -1.34. The molecule has 0 spiro atoms. The standard InChI is InChI=1S/C25H37N3O10S/c1-24(2,3)14-25(4,5)22(36-21(30)19-17(34-6)9-8-10-18(19)35-7)37-39(32,33)38-28-15-11-12-16(20(26)29)27(13-15)23(28)31/h8-10,15-16,22H,11-14H2,1-7H3,(H2,26,29)/t15-,16+,22?/m1/s1. The Balaban J connectivity index is 1.89. The minimum absolute atomic E-state index is 0.0604. The number of amides is 3. The molecule has 2 aliphatic heterocycles. The number of benzene rings is 1. The first-order chi connectivity index (χ1) is 18.0. The van der Waals surface area contributed by atoms with Gasteiger partial charge in [-0.2, -0.15) is 13.5 Å². The van der Waals surface area contributed by atoms with Gasteiger partial charge in [0.05, 0.1) is 20.3 Å². The van der Waals surface area contributed by atoms with Gasteiger partial charge in [-0.25, -0.2) is 13.8 Å². The highest BCUT2D eigenvalue weighted by Crippen LogP contribution is 2.40. The molecular weight excluding hydrogens is 534 g/mol. The molecule has 13 nitrogen and oxygen atoms in total. The van der Waals surface area contributed by atoms with Crippen molar-refractivity contribution in [3.05, 3.63) is 23.8 Å². The highest BCUT2D eigenvalue weighted by Gasteiger charge is 2.50. The van der Waals surface area contributed by atoms with Gasteiger partial charge in [-0.3, -0.25) is 4.79 Å². The second kappa shape index (κ2) is 11.2. The lowest BCUT2D eigenvalue weighted by atomic mass is 9.76. The van der Waals surface area contributed by atoms with Gasteiger partial charge in [-0.05, 0) is 36.8 Å². The van der Waals surface area contributed by atoms with E-state index < -0.39 is 52.1 Å². The molecule has 0 aromatic heterocycles. The van der Waals surface area contributed by atoms with Crippen LogP contribution in [0.1, 0.15) is 64.2 Å². The largest absolute Gasteiger partial charge is 0.496 e. The average Bonchev–Trinajstić information content (AvgIpc) is 3.05. The van der Waals surface area contributed by atoms with Crippen molar-refractivity contribution in [2.45, 2.75) is 72.3 Å². The number of carbonyl (C=O) groups excluding carboxylic acids is 3. The fourth-order valence-electron chi connectivity index (χ4n) is 5.22. The van der Waals surface area contributed by atoms with Crippen LogP contribution >= 0.6 is 0 Å². The summed E-state index contributed by atoms with van der Waals surface area (Å²) in [5.41, 5.74) is 3.96. The van der Waals surface area contributed by atoms with Crippen LogP contribution in [-0.4, -0.2) is 75.4 Å². The van der Waals surface area contributed by atoms with Crippen molar-refractivity contribution < 1.29 is 45.5 Å². The van der Waals surface area contributed by atoms with Crippen LogP contribution in [0.5, 0.6) is 11.5 Å². The maximum absolute atomic E-state index is 13.3. The number of ether oxygens (including phenoxy) is 3. The summed E-state index contributed by atoms with van der Waals surface area (Å²) >= 11 is 0. The number of hydroxylamine groups is 2. The lowest BCUT2D eigenvalue weighted by Gasteiger charge is -2.37. The molecule has 3 amide bonds. The first kappa shape index (κ1) is 30.4. The summed E-state index contributed by atoms with van der Waals surface area (Å²) < 4.78 is 52.9. The van der Waals surface area contributed by atoms with Crippen molar-refractivity contribution in [2.75, 3.05) is 20.8 Å². The molecule has 1 aromatic carbocycles. The number of piperidine rings is 1. The average molecular weight is 572 g/mol. The number of fused-ring (bicyclic) bond motifs is 2. The van der Waals surface area contributed by atoms with E-state index >= 15 is 0 Å². The maximum atomic E-state index is 13.3. The SMILES string of the molecule is COc1cccc(OC)c1C(=O)OC(OS(=O)(=O)ON1C(=O)N2C[C@H]1CC[C@H]2C(N)=O)C(C)(C)CC(C)(C)C. The number of hydrogen-bond acceptors (Lipinski definition) is 10. The van der Waals surface area contributed by atoms with Gasteiger partial charge < -0.3 is 24.8 Å². The number of urea groups is 1. The molecule has 2 saturated heterocycles. The van der Waals surface area contributed by atoms with Crippen molar-refractivity contribution in [3.8, 4) is 11.5 Å². The van der Waals surface area contributed by atoms with Crippen molar-refractivity contribution in [1.82, 2.24) is 9.96 Å². The molecule has 1 unspecified atom stereocenters. The summed E-state index contributed by atoms with van der Waals surface area (Å²) in [4.78, 5) is 39.1. The number of esters is 1. The summed E-state index contributed by atoms with van der Waals surface area (Å²) in [7, 11) is -2.22. The third-order valence-electron chi connectivity index (χ3n) is 6.50. The molecule has 2 N–H and O–H groups in total. The maximum Gasteiger partial charge on any atom is 0.424 e. The van der Waals surface area contributed by atoms with Crippen LogP contribution in [0.4, 0.5) is 4.79 Å². The van der Waals surface area contributed by atoms with Crippen molar-refractivity contribution in [2.24, 2.45) is 16.6 Å². The van der Waals surface area contributed by atoms with Gasteiger partial charge in [0.2, 0.25) is 12.2 Å². The third kappa shape index (κ3) is 6.92.